The first-order valence-electron chi connectivity index (χ1n) is 9.42. The molecule has 0 unspecified atom stereocenters. The monoisotopic (exact) mass is 376 g/mol. The predicted octanol–water partition coefficient (Wildman–Crippen LogP) is 3.53. The highest BCUT2D eigenvalue weighted by molar-refractivity contribution is 5.98. The molecule has 28 heavy (non-hydrogen) atoms. The summed E-state index contributed by atoms with van der Waals surface area (Å²) in [5, 5.41) is 9.35. The summed E-state index contributed by atoms with van der Waals surface area (Å²) < 4.78 is 13.9. The molecule has 1 aromatic heterocycles. The molecular weight excluding hydrogens is 355 g/mol. The SMILES string of the molecule is N#Cc1ccc(CN2CCCN(C(=O)c3cc4c(F)cccc4[nH]3)CC2)cc1. The van der Waals surface area contributed by atoms with E-state index in [4.69, 9.17) is 5.26 Å². The molecule has 2 aromatic carbocycles. The van der Waals surface area contributed by atoms with E-state index in [0.29, 0.717) is 35.2 Å². The molecule has 1 saturated heterocycles. The number of halogens is 1. The molecule has 0 atom stereocenters. The van der Waals surface area contributed by atoms with Crippen LogP contribution in [-0.4, -0.2) is 46.9 Å². The number of amides is 1. The van der Waals surface area contributed by atoms with Crippen LogP contribution in [0.1, 0.15) is 28.0 Å². The molecule has 0 aliphatic carbocycles. The van der Waals surface area contributed by atoms with Gasteiger partial charge in [0.1, 0.15) is 11.5 Å². The van der Waals surface area contributed by atoms with Crippen LogP contribution in [0.2, 0.25) is 0 Å². The number of benzene rings is 2. The van der Waals surface area contributed by atoms with Crippen LogP contribution >= 0.6 is 0 Å². The summed E-state index contributed by atoms with van der Waals surface area (Å²) in [4.78, 5) is 20.1. The number of nitrogens with one attached hydrogen (secondary N) is 1. The minimum atomic E-state index is -0.322. The van der Waals surface area contributed by atoms with Gasteiger partial charge in [-0.15, -0.1) is 0 Å². The van der Waals surface area contributed by atoms with Crippen LogP contribution in [0.3, 0.4) is 0 Å². The second-order valence-corrected chi connectivity index (χ2v) is 7.11. The number of carbonyl (C=O) groups excluding carboxylic acids is 1. The zero-order valence-corrected chi connectivity index (χ0v) is 15.5. The Bertz CT molecular complexity index is 1030. The van der Waals surface area contributed by atoms with Crippen LogP contribution in [-0.2, 0) is 6.54 Å². The Labute approximate surface area is 163 Å². The van der Waals surface area contributed by atoms with E-state index in [1.165, 1.54) is 6.07 Å². The van der Waals surface area contributed by atoms with Gasteiger partial charge in [-0.3, -0.25) is 9.69 Å². The highest BCUT2D eigenvalue weighted by atomic mass is 19.1. The van der Waals surface area contributed by atoms with Gasteiger partial charge in [-0.2, -0.15) is 5.26 Å². The number of nitriles is 1. The quantitative estimate of drug-likeness (QED) is 0.761. The van der Waals surface area contributed by atoms with Crippen LogP contribution < -0.4 is 0 Å². The fraction of sp³-hybridized carbons (Fsp3) is 0.273. The maximum atomic E-state index is 13.9. The van der Waals surface area contributed by atoms with Crippen LogP contribution in [0.4, 0.5) is 4.39 Å². The molecule has 4 rings (SSSR count). The van der Waals surface area contributed by atoms with E-state index in [0.717, 1.165) is 31.6 Å². The average molecular weight is 376 g/mol. The van der Waals surface area contributed by atoms with Gasteiger partial charge in [0.05, 0.1) is 11.6 Å². The molecule has 0 saturated carbocycles. The normalized spacial score (nSPS) is 15.4. The molecule has 0 radical (unpaired) electrons. The number of carbonyl (C=O) groups is 1. The first kappa shape index (κ1) is 18.2. The first-order valence-corrected chi connectivity index (χ1v) is 9.42. The number of rotatable bonds is 3. The van der Waals surface area contributed by atoms with Gasteiger partial charge in [0.25, 0.3) is 5.91 Å². The summed E-state index contributed by atoms with van der Waals surface area (Å²) in [7, 11) is 0. The Morgan fingerprint density at radius 1 is 1.11 bits per heavy atom. The van der Waals surface area contributed by atoms with E-state index in [-0.39, 0.29) is 11.7 Å². The Morgan fingerprint density at radius 3 is 2.68 bits per heavy atom. The molecule has 1 N–H and O–H groups in total. The molecule has 6 heteroatoms. The van der Waals surface area contributed by atoms with Crippen molar-refractivity contribution in [1.29, 1.82) is 5.26 Å². The van der Waals surface area contributed by atoms with E-state index >= 15 is 0 Å². The number of aromatic nitrogens is 1. The maximum Gasteiger partial charge on any atom is 0.270 e. The van der Waals surface area contributed by atoms with Gasteiger partial charge in [-0.1, -0.05) is 18.2 Å². The smallest absolute Gasteiger partial charge is 0.270 e. The van der Waals surface area contributed by atoms with Crippen molar-refractivity contribution in [1.82, 2.24) is 14.8 Å². The summed E-state index contributed by atoms with van der Waals surface area (Å²) in [5.41, 5.74) is 2.89. The molecule has 5 nitrogen and oxygen atoms in total. The largest absolute Gasteiger partial charge is 0.350 e. The van der Waals surface area contributed by atoms with Gasteiger partial charge < -0.3 is 9.88 Å². The summed E-state index contributed by atoms with van der Waals surface area (Å²) in [6.45, 7) is 3.80. The summed E-state index contributed by atoms with van der Waals surface area (Å²) >= 11 is 0. The van der Waals surface area contributed by atoms with Crippen molar-refractivity contribution in [2.75, 3.05) is 26.2 Å². The van der Waals surface area contributed by atoms with Crippen LogP contribution in [0.25, 0.3) is 10.9 Å². The van der Waals surface area contributed by atoms with Gasteiger partial charge in [-0.05, 0) is 42.3 Å². The third-order valence-corrected chi connectivity index (χ3v) is 5.21. The Morgan fingerprint density at radius 2 is 1.93 bits per heavy atom. The summed E-state index contributed by atoms with van der Waals surface area (Å²) in [6.07, 6.45) is 0.886. The van der Waals surface area contributed by atoms with Crippen molar-refractivity contribution >= 4 is 16.8 Å². The average Bonchev–Trinajstić information content (AvgIpc) is 3.03. The topological polar surface area (TPSA) is 63.1 Å². The van der Waals surface area contributed by atoms with E-state index in [1.54, 1.807) is 18.2 Å². The lowest BCUT2D eigenvalue weighted by Crippen LogP contribution is -2.35. The number of nitrogens with zero attached hydrogens (tertiary/aromatic N) is 3. The van der Waals surface area contributed by atoms with Crippen molar-refractivity contribution in [2.24, 2.45) is 0 Å². The zero-order valence-electron chi connectivity index (χ0n) is 15.5. The third-order valence-electron chi connectivity index (χ3n) is 5.21. The predicted molar refractivity (Wildman–Crippen MR) is 105 cm³/mol. The maximum absolute atomic E-state index is 13.9. The first-order chi connectivity index (χ1) is 13.6. The van der Waals surface area contributed by atoms with Crippen LogP contribution in [0.15, 0.2) is 48.5 Å². The number of hydrogen-bond acceptors (Lipinski definition) is 3. The molecular formula is C22H21FN4O. The Kier molecular flexibility index (Phi) is 5.09. The van der Waals surface area contributed by atoms with E-state index in [9.17, 15) is 9.18 Å². The van der Waals surface area contributed by atoms with Gasteiger partial charge in [0.15, 0.2) is 0 Å². The van der Waals surface area contributed by atoms with E-state index < -0.39 is 0 Å². The van der Waals surface area contributed by atoms with Crippen molar-refractivity contribution < 1.29 is 9.18 Å². The van der Waals surface area contributed by atoms with Crippen LogP contribution in [0.5, 0.6) is 0 Å². The van der Waals surface area contributed by atoms with Crippen molar-refractivity contribution in [3.05, 3.63) is 71.2 Å². The molecule has 1 aliphatic heterocycles. The summed E-state index contributed by atoms with van der Waals surface area (Å²) in [5.74, 6) is -0.409. The molecule has 0 spiro atoms. The van der Waals surface area contributed by atoms with Gasteiger partial charge in [-0.25, -0.2) is 4.39 Å². The van der Waals surface area contributed by atoms with Gasteiger partial charge in [0, 0.05) is 43.6 Å². The summed E-state index contributed by atoms with van der Waals surface area (Å²) in [6, 6.07) is 16.2. The highest BCUT2D eigenvalue weighted by Gasteiger charge is 2.22. The lowest BCUT2D eigenvalue weighted by atomic mass is 10.1. The number of H-pyrrole nitrogens is 1. The van der Waals surface area contributed by atoms with Crippen molar-refractivity contribution in [2.45, 2.75) is 13.0 Å². The van der Waals surface area contributed by atoms with Crippen LogP contribution in [0, 0.1) is 17.1 Å². The fourth-order valence-corrected chi connectivity index (χ4v) is 3.68. The second-order valence-electron chi connectivity index (χ2n) is 7.11. The molecule has 3 aromatic rings. The van der Waals surface area contributed by atoms with Crippen molar-refractivity contribution in [3.63, 3.8) is 0 Å². The minimum absolute atomic E-state index is 0.0872. The fourth-order valence-electron chi connectivity index (χ4n) is 3.68. The van der Waals surface area contributed by atoms with E-state index in [1.807, 2.05) is 29.2 Å². The standard InChI is InChI=1S/C22H21FN4O/c23-19-3-1-4-20-18(19)13-21(25-20)22(28)27-10-2-9-26(11-12-27)15-17-7-5-16(14-24)6-8-17/h1,3-8,13,25H,2,9-12,15H2. The molecule has 1 fully saturated rings. The lowest BCUT2D eigenvalue weighted by molar-refractivity contribution is 0.0756. The van der Waals surface area contributed by atoms with Gasteiger partial charge >= 0.3 is 0 Å². The number of aromatic amines is 1. The molecule has 1 aliphatic rings. The molecule has 2 heterocycles. The van der Waals surface area contributed by atoms with Crippen molar-refractivity contribution in [3.8, 4) is 6.07 Å². The Balaban J connectivity index is 1.42. The van der Waals surface area contributed by atoms with Gasteiger partial charge in [0.2, 0.25) is 0 Å². The molecule has 0 bridgehead atoms. The number of hydrogen-bond donors (Lipinski definition) is 1. The third kappa shape index (κ3) is 3.75. The lowest BCUT2D eigenvalue weighted by Gasteiger charge is -2.21. The molecule has 1 amide bonds. The molecule has 142 valence electrons. The zero-order chi connectivity index (χ0) is 19.5. The highest BCUT2D eigenvalue weighted by Crippen LogP contribution is 2.20. The van der Waals surface area contributed by atoms with E-state index in [2.05, 4.69) is 16.0 Å². The minimum Gasteiger partial charge on any atom is -0.350 e. The number of fused-ring (bicyclic) bond motifs is 1. The second kappa shape index (κ2) is 7.83. The Hall–Kier alpha value is -3.17.